The molecule has 2 rings (SSSR count). The van der Waals surface area contributed by atoms with Gasteiger partial charge in [-0.15, -0.1) is 0 Å². The Hall–Kier alpha value is -1.96. The monoisotopic (exact) mass is 270 g/mol. The highest BCUT2D eigenvalue weighted by molar-refractivity contribution is 5.45. The lowest BCUT2D eigenvalue weighted by atomic mass is 9.77. The molecule has 0 heterocycles. The number of benzene rings is 2. The Balaban J connectivity index is 2.48. The summed E-state index contributed by atoms with van der Waals surface area (Å²) in [5.74, 6) is 0.911. The molecule has 0 bridgehead atoms. The second-order valence-corrected chi connectivity index (χ2v) is 6.10. The molecular formula is C18H22O2. The lowest BCUT2D eigenvalue weighted by molar-refractivity contribution is 0.463. The van der Waals surface area contributed by atoms with Gasteiger partial charge in [0, 0.05) is 5.41 Å². The van der Waals surface area contributed by atoms with Crippen molar-refractivity contribution in [2.24, 2.45) is 0 Å². The minimum atomic E-state index is -0.176. The summed E-state index contributed by atoms with van der Waals surface area (Å²) >= 11 is 0. The Bertz CT molecular complexity index is 595. The van der Waals surface area contributed by atoms with E-state index in [0.29, 0.717) is 5.75 Å². The maximum Gasteiger partial charge on any atom is 0.119 e. The van der Waals surface area contributed by atoms with Gasteiger partial charge >= 0.3 is 0 Å². The maximum absolute atomic E-state index is 9.95. The standard InChI is InChI=1S/C18H22O2/c1-12(2)16-11-14(7-10-17(16)20)18(3,4)13-5-8-15(19)9-6-13/h5-12,19-20H,1-4H3. The summed E-state index contributed by atoms with van der Waals surface area (Å²) in [6, 6.07) is 13.1. The fraction of sp³-hybridized carbons (Fsp3) is 0.333. The molecule has 0 saturated carbocycles. The summed E-state index contributed by atoms with van der Waals surface area (Å²) in [4.78, 5) is 0. The van der Waals surface area contributed by atoms with Crippen molar-refractivity contribution in [2.45, 2.75) is 39.0 Å². The molecule has 0 fully saturated rings. The number of phenols is 2. The van der Waals surface area contributed by atoms with Crippen LogP contribution in [0.15, 0.2) is 42.5 Å². The van der Waals surface area contributed by atoms with E-state index < -0.39 is 0 Å². The molecule has 106 valence electrons. The molecule has 0 saturated heterocycles. The van der Waals surface area contributed by atoms with E-state index in [1.165, 1.54) is 0 Å². The van der Waals surface area contributed by atoms with Crippen LogP contribution < -0.4 is 0 Å². The largest absolute Gasteiger partial charge is 0.508 e. The summed E-state index contributed by atoms with van der Waals surface area (Å²) in [5, 5.41) is 19.4. The molecule has 0 atom stereocenters. The molecule has 2 nitrogen and oxygen atoms in total. The van der Waals surface area contributed by atoms with Crippen LogP contribution in [0.5, 0.6) is 11.5 Å². The zero-order valence-electron chi connectivity index (χ0n) is 12.5. The van der Waals surface area contributed by atoms with Crippen molar-refractivity contribution in [3.05, 3.63) is 59.2 Å². The van der Waals surface area contributed by atoms with Crippen LogP contribution in [-0.2, 0) is 5.41 Å². The van der Waals surface area contributed by atoms with Gasteiger partial charge in [-0.2, -0.15) is 0 Å². The van der Waals surface area contributed by atoms with Gasteiger partial charge in [0.25, 0.3) is 0 Å². The molecule has 0 aliphatic carbocycles. The molecule has 2 heteroatoms. The van der Waals surface area contributed by atoms with Crippen LogP contribution in [0.2, 0.25) is 0 Å². The van der Waals surface area contributed by atoms with Gasteiger partial charge in [0.05, 0.1) is 0 Å². The molecule has 0 spiro atoms. The minimum Gasteiger partial charge on any atom is -0.508 e. The Kier molecular flexibility index (Phi) is 3.76. The molecule has 0 aromatic heterocycles. The van der Waals surface area contributed by atoms with Crippen molar-refractivity contribution in [1.82, 2.24) is 0 Å². The zero-order valence-corrected chi connectivity index (χ0v) is 12.5. The fourth-order valence-electron chi connectivity index (χ4n) is 2.45. The van der Waals surface area contributed by atoms with Gasteiger partial charge < -0.3 is 10.2 Å². The highest BCUT2D eigenvalue weighted by Crippen LogP contribution is 2.36. The van der Waals surface area contributed by atoms with Crippen LogP contribution in [0, 0.1) is 0 Å². The van der Waals surface area contributed by atoms with Crippen LogP contribution in [0.3, 0.4) is 0 Å². The quantitative estimate of drug-likeness (QED) is 0.859. The molecule has 0 unspecified atom stereocenters. The number of hydrogen-bond donors (Lipinski definition) is 2. The van der Waals surface area contributed by atoms with Crippen molar-refractivity contribution in [3.63, 3.8) is 0 Å². The van der Waals surface area contributed by atoms with Crippen molar-refractivity contribution in [3.8, 4) is 11.5 Å². The predicted octanol–water partition coefficient (Wildman–Crippen LogP) is 4.55. The first-order chi connectivity index (χ1) is 9.32. The normalized spacial score (nSPS) is 11.8. The average Bonchev–Trinajstić information content (AvgIpc) is 2.39. The molecular weight excluding hydrogens is 248 g/mol. The third kappa shape index (κ3) is 2.64. The highest BCUT2D eigenvalue weighted by atomic mass is 16.3. The molecule has 20 heavy (non-hydrogen) atoms. The van der Waals surface area contributed by atoms with Crippen molar-refractivity contribution in [2.75, 3.05) is 0 Å². The van der Waals surface area contributed by atoms with Crippen LogP contribution in [0.4, 0.5) is 0 Å². The molecule has 0 aliphatic rings. The fourth-order valence-corrected chi connectivity index (χ4v) is 2.45. The lowest BCUT2D eigenvalue weighted by Gasteiger charge is -2.27. The Morgan fingerprint density at radius 2 is 1.40 bits per heavy atom. The third-order valence-electron chi connectivity index (χ3n) is 3.96. The van der Waals surface area contributed by atoms with E-state index in [0.717, 1.165) is 16.7 Å². The van der Waals surface area contributed by atoms with Gasteiger partial charge in [0.15, 0.2) is 0 Å². The first-order valence-electron chi connectivity index (χ1n) is 6.95. The molecule has 2 aromatic carbocycles. The van der Waals surface area contributed by atoms with Gasteiger partial charge in [0.1, 0.15) is 11.5 Å². The van der Waals surface area contributed by atoms with Crippen molar-refractivity contribution < 1.29 is 10.2 Å². The first kappa shape index (κ1) is 14.4. The number of hydrogen-bond acceptors (Lipinski definition) is 2. The van der Waals surface area contributed by atoms with Crippen molar-refractivity contribution in [1.29, 1.82) is 0 Å². The Morgan fingerprint density at radius 1 is 0.850 bits per heavy atom. The van der Waals surface area contributed by atoms with E-state index in [2.05, 4.69) is 33.8 Å². The summed E-state index contributed by atoms with van der Waals surface area (Å²) in [6.07, 6.45) is 0. The zero-order chi connectivity index (χ0) is 14.9. The van der Waals surface area contributed by atoms with E-state index in [1.807, 2.05) is 18.2 Å². The average molecular weight is 270 g/mol. The summed E-state index contributed by atoms with van der Waals surface area (Å²) < 4.78 is 0. The van der Waals surface area contributed by atoms with E-state index in [-0.39, 0.29) is 17.1 Å². The maximum atomic E-state index is 9.95. The van der Waals surface area contributed by atoms with E-state index in [1.54, 1.807) is 18.2 Å². The van der Waals surface area contributed by atoms with Gasteiger partial charge in [-0.1, -0.05) is 52.0 Å². The first-order valence-corrected chi connectivity index (χ1v) is 6.95. The molecule has 0 amide bonds. The second-order valence-electron chi connectivity index (χ2n) is 6.10. The number of rotatable bonds is 3. The molecule has 0 aliphatic heterocycles. The number of phenolic OH excluding ortho intramolecular Hbond substituents is 2. The van der Waals surface area contributed by atoms with Crippen molar-refractivity contribution >= 4 is 0 Å². The summed E-state index contributed by atoms with van der Waals surface area (Å²) in [7, 11) is 0. The van der Waals surface area contributed by atoms with Gasteiger partial charge in [0.2, 0.25) is 0 Å². The minimum absolute atomic E-state index is 0.176. The number of aromatic hydroxyl groups is 2. The van der Waals surface area contributed by atoms with Gasteiger partial charge in [-0.25, -0.2) is 0 Å². The SMILES string of the molecule is CC(C)c1cc(C(C)(C)c2ccc(O)cc2)ccc1O. The summed E-state index contributed by atoms with van der Waals surface area (Å²) in [5.41, 5.74) is 3.08. The van der Waals surface area contributed by atoms with Crippen LogP contribution in [0.1, 0.15) is 50.3 Å². The summed E-state index contributed by atoms with van der Waals surface area (Å²) in [6.45, 7) is 8.45. The molecule has 2 N–H and O–H groups in total. The van der Waals surface area contributed by atoms with Crippen LogP contribution in [0.25, 0.3) is 0 Å². The van der Waals surface area contributed by atoms with Gasteiger partial charge in [-0.05, 0) is 40.8 Å². The highest BCUT2D eigenvalue weighted by Gasteiger charge is 2.24. The Morgan fingerprint density at radius 3 is 1.95 bits per heavy atom. The van der Waals surface area contributed by atoms with E-state index >= 15 is 0 Å². The van der Waals surface area contributed by atoms with Crippen LogP contribution >= 0.6 is 0 Å². The van der Waals surface area contributed by atoms with Crippen LogP contribution in [-0.4, -0.2) is 10.2 Å². The Labute approximate surface area is 120 Å². The molecule has 0 radical (unpaired) electrons. The van der Waals surface area contributed by atoms with E-state index in [4.69, 9.17) is 0 Å². The third-order valence-corrected chi connectivity index (χ3v) is 3.96. The smallest absolute Gasteiger partial charge is 0.119 e. The van der Waals surface area contributed by atoms with Gasteiger partial charge in [-0.3, -0.25) is 0 Å². The van der Waals surface area contributed by atoms with E-state index in [9.17, 15) is 10.2 Å². The predicted molar refractivity (Wildman–Crippen MR) is 82.4 cm³/mol. The topological polar surface area (TPSA) is 40.5 Å². The molecule has 2 aromatic rings. The lowest BCUT2D eigenvalue weighted by Crippen LogP contribution is -2.19. The second kappa shape index (κ2) is 5.20.